The van der Waals surface area contributed by atoms with E-state index in [0.717, 1.165) is 29.7 Å². The van der Waals surface area contributed by atoms with Crippen molar-refractivity contribution in [2.75, 3.05) is 0 Å². The van der Waals surface area contributed by atoms with Gasteiger partial charge in [-0.1, -0.05) is 43.7 Å². The molecule has 0 unspecified atom stereocenters. The Balaban J connectivity index is 2.76. The van der Waals surface area contributed by atoms with Gasteiger partial charge in [-0.15, -0.1) is 0 Å². The summed E-state index contributed by atoms with van der Waals surface area (Å²) in [5.74, 6) is 0. The van der Waals surface area contributed by atoms with E-state index in [0.29, 0.717) is 12.8 Å². The van der Waals surface area contributed by atoms with E-state index < -0.39 is 10.0 Å². The van der Waals surface area contributed by atoms with Gasteiger partial charge in [-0.25, -0.2) is 4.83 Å². The van der Waals surface area contributed by atoms with Crippen molar-refractivity contribution >= 4 is 15.7 Å². The molecule has 0 spiro atoms. The van der Waals surface area contributed by atoms with Crippen LogP contribution < -0.4 is 4.83 Å². The number of sulfonamides is 1. The lowest BCUT2D eigenvalue weighted by molar-refractivity contribution is 0.584. The number of hydrazone groups is 1. The molecule has 0 aliphatic carbocycles. The minimum Gasteiger partial charge on any atom is -0.200 e. The predicted octanol–water partition coefficient (Wildman–Crippen LogP) is 3.79. The molecule has 0 radical (unpaired) electrons. The molecule has 0 aromatic heterocycles. The molecule has 1 aromatic rings. The van der Waals surface area contributed by atoms with Crippen LogP contribution in [0.25, 0.3) is 0 Å². The highest BCUT2D eigenvalue weighted by Crippen LogP contribution is 2.11. The summed E-state index contributed by atoms with van der Waals surface area (Å²) < 4.78 is 31.6. The SMILES string of the molecule is [2H]C=C(CC)CC/C(CC)=N/NS(=O)(=O)c1ccc(C)cc1. The summed E-state index contributed by atoms with van der Waals surface area (Å²) in [7, 11) is -3.62. The Labute approximate surface area is 129 Å². The van der Waals surface area contributed by atoms with Crippen LogP contribution in [0, 0.1) is 6.92 Å². The molecule has 1 aromatic carbocycles. The molecule has 4 nitrogen and oxygen atoms in total. The van der Waals surface area contributed by atoms with Gasteiger partial charge in [-0.05, 0) is 44.7 Å². The van der Waals surface area contributed by atoms with Crippen LogP contribution in [0.5, 0.6) is 0 Å². The first-order valence-electron chi connectivity index (χ1n) is 7.70. The maximum atomic E-state index is 12.2. The third-order valence-corrected chi connectivity index (χ3v) is 4.48. The zero-order valence-electron chi connectivity index (χ0n) is 13.9. The van der Waals surface area contributed by atoms with Crippen molar-refractivity contribution in [3.8, 4) is 0 Å². The first-order chi connectivity index (χ1) is 10.4. The fourth-order valence-corrected chi connectivity index (χ4v) is 2.54. The third kappa shape index (κ3) is 5.71. The lowest BCUT2D eigenvalue weighted by atomic mass is 10.1. The van der Waals surface area contributed by atoms with E-state index in [1.165, 1.54) is 6.55 Å². The lowest BCUT2D eigenvalue weighted by Gasteiger charge is -2.08. The molecule has 0 atom stereocenters. The number of hydrogen-bond donors (Lipinski definition) is 1. The quantitative estimate of drug-likeness (QED) is 0.451. The maximum absolute atomic E-state index is 12.2. The summed E-state index contributed by atoms with van der Waals surface area (Å²) in [5, 5.41) is 4.04. The molecule has 0 saturated carbocycles. The molecule has 0 heterocycles. The third-order valence-electron chi connectivity index (χ3n) is 3.25. The van der Waals surface area contributed by atoms with Crippen molar-refractivity contribution in [1.29, 1.82) is 0 Å². The smallest absolute Gasteiger partial charge is 0.200 e. The van der Waals surface area contributed by atoms with E-state index in [1.807, 2.05) is 20.8 Å². The van der Waals surface area contributed by atoms with Crippen LogP contribution in [-0.2, 0) is 10.0 Å². The van der Waals surface area contributed by atoms with Crippen LogP contribution in [0.15, 0.2) is 46.4 Å². The number of benzene rings is 1. The zero-order valence-corrected chi connectivity index (χ0v) is 13.7. The Kier molecular flexibility index (Phi) is 5.99. The van der Waals surface area contributed by atoms with Crippen LogP contribution in [0.3, 0.4) is 0 Å². The van der Waals surface area contributed by atoms with Crippen LogP contribution in [0.1, 0.15) is 46.5 Å². The minimum absolute atomic E-state index is 0.206. The van der Waals surface area contributed by atoms with E-state index in [2.05, 4.69) is 9.93 Å². The van der Waals surface area contributed by atoms with Gasteiger partial charge >= 0.3 is 0 Å². The molecule has 0 amide bonds. The van der Waals surface area contributed by atoms with Crippen LogP contribution in [0.2, 0.25) is 0 Å². The molecule has 5 heteroatoms. The largest absolute Gasteiger partial charge is 0.276 e. The van der Waals surface area contributed by atoms with Crippen molar-refractivity contribution in [1.82, 2.24) is 4.83 Å². The second kappa shape index (κ2) is 7.98. The number of nitrogens with one attached hydrogen (secondary N) is 1. The van der Waals surface area contributed by atoms with Gasteiger partial charge in [0.25, 0.3) is 10.0 Å². The summed E-state index contributed by atoms with van der Waals surface area (Å²) in [4.78, 5) is 2.51. The zero-order chi connectivity index (χ0) is 16.6. The fourth-order valence-electron chi connectivity index (χ4n) is 1.69. The summed E-state index contributed by atoms with van der Waals surface area (Å²) >= 11 is 0. The Morgan fingerprint density at radius 2 is 1.90 bits per heavy atom. The summed E-state index contributed by atoms with van der Waals surface area (Å²) in [6.07, 6.45) is 2.89. The normalized spacial score (nSPS) is 14.0. The maximum Gasteiger partial charge on any atom is 0.276 e. The molecule has 0 aliphatic rings. The molecule has 1 N–H and O–H groups in total. The van der Waals surface area contributed by atoms with E-state index in [1.54, 1.807) is 24.3 Å². The van der Waals surface area contributed by atoms with Crippen LogP contribution in [-0.4, -0.2) is 14.1 Å². The van der Waals surface area contributed by atoms with Gasteiger partial charge in [0.2, 0.25) is 0 Å². The van der Waals surface area contributed by atoms with Gasteiger partial charge in [0, 0.05) is 5.71 Å². The van der Waals surface area contributed by atoms with E-state index in [-0.39, 0.29) is 4.90 Å². The highest BCUT2D eigenvalue weighted by molar-refractivity contribution is 7.89. The van der Waals surface area contributed by atoms with Crippen molar-refractivity contribution in [3.63, 3.8) is 0 Å². The van der Waals surface area contributed by atoms with Gasteiger partial charge in [-0.2, -0.15) is 13.5 Å². The van der Waals surface area contributed by atoms with Crippen molar-refractivity contribution < 1.29 is 9.79 Å². The summed E-state index contributed by atoms with van der Waals surface area (Å²) in [6.45, 7) is 7.21. The second-order valence-corrected chi connectivity index (χ2v) is 6.61. The molecular weight excluding hydrogens is 284 g/mol. The first kappa shape index (κ1) is 15.8. The van der Waals surface area contributed by atoms with Crippen LogP contribution in [0.4, 0.5) is 0 Å². The minimum atomic E-state index is -3.62. The van der Waals surface area contributed by atoms with Gasteiger partial charge < -0.3 is 0 Å². The number of hydrogen-bond acceptors (Lipinski definition) is 3. The van der Waals surface area contributed by atoms with E-state index in [9.17, 15) is 8.42 Å². The molecule has 116 valence electrons. The fraction of sp³-hybridized carbons (Fsp3) is 0.438. The Bertz CT molecular complexity index is 635. The first-order valence-corrected chi connectivity index (χ1v) is 8.61. The number of nitrogens with zero attached hydrogens (tertiary/aromatic N) is 1. The molecule has 0 saturated heterocycles. The standard InChI is InChI=1S/C16H24N2O2S/c1-5-13(3)7-10-15(6-2)17-18-21(19,20)16-11-8-14(4)9-12-16/h8-9,11-12,18H,3,5-7,10H2,1-2,4H3/b17-15+/i3D/b13-3?,17-15+. The van der Waals surface area contributed by atoms with Gasteiger partial charge in [0.1, 0.15) is 0 Å². The predicted molar refractivity (Wildman–Crippen MR) is 87.9 cm³/mol. The molecule has 0 aliphatic heterocycles. The number of allylic oxidation sites excluding steroid dienone is 1. The molecule has 0 bridgehead atoms. The van der Waals surface area contributed by atoms with E-state index in [4.69, 9.17) is 1.37 Å². The van der Waals surface area contributed by atoms with Gasteiger partial charge in [-0.3, -0.25) is 0 Å². The summed E-state index contributed by atoms with van der Waals surface area (Å²) in [5.41, 5.74) is 2.82. The number of rotatable bonds is 8. The Morgan fingerprint density at radius 3 is 2.43 bits per heavy atom. The molecular formula is C16H24N2O2S. The van der Waals surface area contributed by atoms with Gasteiger partial charge in [0.15, 0.2) is 0 Å². The van der Waals surface area contributed by atoms with Crippen LogP contribution >= 0.6 is 0 Å². The second-order valence-electron chi connectivity index (χ2n) is 4.95. The van der Waals surface area contributed by atoms with E-state index >= 15 is 0 Å². The average molecular weight is 309 g/mol. The van der Waals surface area contributed by atoms with Crippen molar-refractivity contribution in [2.24, 2.45) is 5.10 Å². The molecule has 21 heavy (non-hydrogen) atoms. The highest BCUT2D eigenvalue weighted by atomic mass is 32.2. The van der Waals surface area contributed by atoms with Gasteiger partial charge in [0.05, 0.1) is 6.27 Å². The van der Waals surface area contributed by atoms with Crippen molar-refractivity contribution in [3.05, 3.63) is 42.0 Å². The highest BCUT2D eigenvalue weighted by Gasteiger charge is 2.12. The summed E-state index contributed by atoms with van der Waals surface area (Å²) in [6, 6.07) is 6.64. The Hall–Kier alpha value is -1.62. The average Bonchev–Trinajstić information content (AvgIpc) is 2.51. The monoisotopic (exact) mass is 309 g/mol. The molecule has 1 rings (SSSR count). The Morgan fingerprint density at radius 1 is 1.24 bits per heavy atom. The molecule has 0 fully saturated rings. The lowest BCUT2D eigenvalue weighted by Crippen LogP contribution is -2.20. The topological polar surface area (TPSA) is 58.5 Å². The van der Waals surface area contributed by atoms with Crippen molar-refractivity contribution in [2.45, 2.75) is 51.3 Å². The number of aryl methyl sites for hydroxylation is 1.